The summed E-state index contributed by atoms with van der Waals surface area (Å²) >= 11 is 0.328. The molecule has 0 aromatic carbocycles. The Morgan fingerprint density at radius 3 is 2.55 bits per heavy atom. The van der Waals surface area contributed by atoms with Crippen molar-refractivity contribution in [1.82, 2.24) is 10.2 Å². The molecule has 9 heteroatoms. The number of alkyl halides is 3. The van der Waals surface area contributed by atoms with E-state index in [2.05, 4.69) is 15.5 Å². The Kier molecular flexibility index (Phi) is 3.20. The topological polar surface area (TPSA) is 80.9 Å². The maximum Gasteiger partial charge on any atom is 0.445 e. The number of rotatable bonds is 2. The number of halogens is 3. The van der Waals surface area contributed by atoms with E-state index in [1.54, 1.807) is 0 Å². The van der Waals surface area contributed by atoms with Crippen LogP contribution < -0.4 is 11.1 Å². The van der Waals surface area contributed by atoms with Gasteiger partial charge in [0.15, 0.2) is 0 Å². The predicted octanol–water partition coefficient (Wildman–Crippen LogP) is 1.87. The summed E-state index contributed by atoms with van der Waals surface area (Å²) in [7, 11) is 0. The van der Waals surface area contributed by atoms with Crippen LogP contribution in [0.5, 0.6) is 0 Å². The third kappa shape index (κ3) is 2.28. The van der Waals surface area contributed by atoms with E-state index in [9.17, 15) is 18.0 Å². The Labute approximate surface area is 116 Å². The van der Waals surface area contributed by atoms with Crippen molar-refractivity contribution >= 4 is 22.4 Å². The van der Waals surface area contributed by atoms with E-state index < -0.39 is 11.2 Å². The van der Waals surface area contributed by atoms with E-state index in [0.717, 1.165) is 19.3 Å². The summed E-state index contributed by atoms with van der Waals surface area (Å²) in [5.74, 6) is -0.0672. The highest BCUT2D eigenvalue weighted by Gasteiger charge is 2.49. The molecule has 2 saturated carbocycles. The van der Waals surface area contributed by atoms with Crippen molar-refractivity contribution in [1.29, 1.82) is 0 Å². The van der Waals surface area contributed by atoms with Crippen molar-refractivity contribution in [3.05, 3.63) is 5.01 Å². The van der Waals surface area contributed by atoms with Crippen LogP contribution in [0.1, 0.15) is 24.3 Å². The number of nitrogens with zero attached hydrogens (tertiary/aromatic N) is 2. The number of fused-ring (bicyclic) bond motifs is 2. The van der Waals surface area contributed by atoms with Crippen LogP contribution in [0.2, 0.25) is 0 Å². The third-order valence-corrected chi connectivity index (χ3v) is 5.06. The Morgan fingerprint density at radius 2 is 2.00 bits per heavy atom. The summed E-state index contributed by atoms with van der Waals surface area (Å²) in [5, 5.41) is 7.61. The quantitative estimate of drug-likeness (QED) is 0.874. The van der Waals surface area contributed by atoms with E-state index in [1.807, 2.05) is 0 Å². The van der Waals surface area contributed by atoms with Crippen molar-refractivity contribution in [3.63, 3.8) is 0 Å². The SMILES string of the molecule is NC1C2CCC(C2)C1C(=O)Nc1nnc(C(F)(F)F)s1. The number of aromatic nitrogens is 2. The van der Waals surface area contributed by atoms with E-state index in [-0.39, 0.29) is 28.9 Å². The highest BCUT2D eigenvalue weighted by molar-refractivity contribution is 7.15. The lowest BCUT2D eigenvalue weighted by Crippen LogP contribution is -2.42. The van der Waals surface area contributed by atoms with Crippen LogP contribution in [0.3, 0.4) is 0 Å². The van der Waals surface area contributed by atoms with Crippen LogP contribution in [0, 0.1) is 17.8 Å². The summed E-state index contributed by atoms with van der Waals surface area (Å²) in [6, 6.07) is -0.205. The first-order valence-electron chi connectivity index (χ1n) is 6.33. The highest BCUT2D eigenvalue weighted by Crippen LogP contribution is 2.48. The van der Waals surface area contributed by atoms with Crippen LogP contribution in [0.4, 0.5) is 18.3 Å². The first-order valence-corrected chi connectivity index (χ1v) is 7.15. The minimum Gasteiger partial charge on any atom is -0.327 e. The monoisotopic (exact) mass is 306 g/mol. The Hall–Kier alpha value is -1.22. The van der Waals surface area contributed by atoms with Gasteiger partial charge in [-0.2, -0.15) is 13.2 Å². The van der Waals surface area contributed by atoms with Crippen molar-refractivity contribution in [2.24, 2.45) is 23.5 Å². The van der Waals surface area contributed by atoms with Crippen molar-refractivity contribution in [2.45, 2.75) is 31.5 Å². The van der Waals surface area contributed by atoms with Gasteiger partial charge in [-0.3, -0.25) is 4.79 Å². The summed E-state index contributed by atoms with van der Waals surface area (Å²) in [6.45, 7) is 0. The van der Waals surface area contributed by atoms with Crippen LogP contribution in [0.25, 0.3) is 0 Å². The molecule has 3 rings (SSSR count). The Bertz CT molecular complexity index is 530. The smallest absolute Gasteiger partial charge is 0.327 e. The van der Waals surface area contributed by atoms with Gasteiger partial charge in [0, 0.05) is 6.04 Å². The van der Waals surface area contributed by atoms with Gasteiger partial charge >= 0.3 is 6.18 Å². The maximum atomic E-state index is 12.4. The molecule has 2 bridgehead atoms. The molecular weight excluding hydrogens is 293 g/mol. The van der Waals surface area contributed by atoms with E-state index in [0.29, 0.717) is 17.3 Å². The van der Waals surface area contributed by atoms with E-state index in [1.165, 1.54) is 0 Å². The summed E-state index contributed by atoms with van der Waals surface area (Å²) in [4.78, 5) is 12.1. The summed E-state index contributed by atoms with van der Waals surface area (Å²) in [5.41, 5.74) is 6.02. The molecule has 2 aliphatic rings. The lowest BCUT2D eigenvalue weighted by Gasteiger charge is -2.26. The van der Waals surface area contributed by atoms with Gasteiger partial charge in [0.2, 0.25) is 16.0 Å². The third-order valence-electron chi connectivity index (χ3n) is 4.18. The second kappa shape index (κ2) is 4.66. The van der Waals surface area contributed by atoms with Crippen molar-refractivity contribution < 1.29 is 18.0 Å². The van der Waals surface area contributed by atoms with Gasteiger partial charge in [0.05, 0.1) is 5.92 Å². The van der Waals surface area contributed by atoms with E-state index >= 15 is 0 Å². The average molecular weight is 306 g/mol. The molecule has 4 atom stereocenters. The Morgan fingerprint density at radius 1 is 1.30 bits per heavy atom. The second-order valence-corrected chi connectivity index (χ2v) is 6.31. The molecule has 1 aromatic rings. The molecule has 0 aliphatic heterocycles. The first-order chi connectivity index (χ1) is 9.36. The molecule has 20 heavy (non-hydrogen) atoms. The van der Waals surface area contributed by atoms with Gasteiger partial charge in [0.1, 0.15) is 0 Å². The molecule has 1 heterocycles. The normalized spacial score (nSPS) is 32.6. The van der Waals surface area contributed by atoms with Crippen LogP contribution in [-0.4, -0.2) is 22.1 Å². The number of nitrogens with one attached hydrogen (secondary N) is 1. The van der Waals surface area contributed by atoms with Crippen molar-refractivity contribution in [3.8, 4) is 0 Å². The number of anilines is 1. The molecule has 5 nitrogen and oxygen atoms in total. The number of carbonyl (C=O) groups is 1. The predicted molar refractivity (Wildman–Crippen MR) is 65.8 cm³/mol. The molecule has 4 unspecified atom stereocenters. The largest absolute Gasteiger partial charge is 0.445 e. The van der Waals surface area contributed by atoms with Crippen molar-refractivity contribution in [2.75, 3.05) is 5.32 Å². The van der Waals surface area contributed by atoms with E-state index in [4.69, 9.17) is 5.73 Å². The lowest BCUT2D eigenvalue weighted by molar-refractivity contribution is -0.138. The summed E-state index contributed by atoms with van der Waals surface area (Å²) < 4.78 is 37.2. The number of amides is 1. The molecule has 110 valence electrons. The first kappa shape index (κ1) is 13.7. The van der Waals surface area contributed by atoms with Gasteiger partial charge in [0.25, 0.3) is 0 Å². The zero-order chi connectivity index (χ0) is 14.5. The number of carbonyl (C=O) groups excluding carboxylic acids is 1. The Balaban J connectivity index is 1.69. The molecule has 0 spiro atoms. The molecule has 2 aliphatic carbocycles. The van der Waals surface area contributed by atoms with Gasteiger partial charge in [-0.25, -0.2) is 0 Å². The van der Waals surface area contributed by atoms with Gasteiger partial charge in [-0.05, 0) is 31.1 Å². The summed E-state index contributed by atoms with van der Waals surface area (Å²) in [6.07, 6.45) is -1.61. The molecule has 0 saturated heterocycles. The second-order valence-electron chi connectivity index (χ2n) is 5.34. The molecule has 3 N–H and O–H groups in total. The fourth-order valence-corrected chi connectivity index (χ4v) is 3.92. The zero-order valence-electron chi connectivity index (χ0n) is 10.4. The van der Waals surface area contributed by atoms with Gasteiger partial charge in [-0.15, -0.1) is 10.2 Å². The molecular formula is C11H13F3N4OS. The number of nitrogens with two attached hydrogens (primary N) is 1. The maximum absolute atomic E-state index is 12.4. The standard InChI is InChI=1S/C11H13F3N4OS/c12-11(13,14)9-17-18-10(20-9)16-8(19)6-4-1-2-5(3-4)7(6)15/h4-7H,1-3,15H2,(H,16,18,19). The van der Waals surface area contributed by atoms with Crippen LogP contribution in [-0.2, 0) is 11.0 Å². The minimum absolute atomic E-state index is 0.128. The lowest BCUT2D eigenvalue weighted by atomic mass is 9.84. The van der Waals surface area contributed by atoms with Crippen LogP contribution in [0.15, 0.2) is 0 Å². The average Bonchev–Trinajstić information content (AvgIpc) is 3.01. The molecule has 1 aromatic heterocycles. The minimum atomic E-state index is -4.54. The zero-order valence-corrected chi connectivity index (χ0v) is 11.2. The van der Waals surface area contributed by atoms with Gasteiger partial charge in [-0.1, -0.05) is 11.3 Å². The van der Waals surface area contributed by atoms with Crippen LogP contribution >= 0.6 is 11.3 Å². The van der Waals surface area contributed by atoms with Gasteiger partial charge < -0.3 is 11.1 Å². The molecule has 0 radical (unpaired) electrons. The number of hydrogen-bond donors (Lipinski definition) is 2. The molecule has 1 amide bonds. The number of hydrogen-bond acceptors (Lipinski definition) is 5. The highest BCUT2D eigenvalue weighted by atomic mass is 32.1. The molecule has 2 fully saturated rings. The fourth-order valence-electron chi connectivity index (χ4n) is 3.30. The fraction of sp³-hybridized carbons (Fsp3) is 0.727.